The molecule has 0 amide bonds. The Morgan fingerprint density at radius 3 is 2.95 bits per heavy atom. The molecule has 3 rings (SSSR count). The van der Waals surface area contributed by atoms with E-state index < -0.39 is 0 Å². The van der Waals surface area contributed by atoms with Crippen molar-refractivity contribution in [1.29, 1.82) is 0 Å². The van der Waals surface area contributed by atoms with Gasteiger partial charge in [-0.3, -0.25) is 0 Å². The van der Waals surface area contributed by atoms with Crippen molar-refractivity contribution in [3.63, 3.8) is 0 Å². The van der Waals surface area contributed by atoms with Crippen molar-refractivity contribution in [3.05, 3.63) is 52.0 Å². The van der Waals surface area contributed by atoms with Gasteiger partial charge in [0.2, 0.25) is 0 Å². The molecule has 0 atom stereocenters. The largest absolute Gasteiger partial charge is 0.508 e. The lowest BCUT2D eigenvalue weighted by Crippen LogP contribution is -1.87. The van der Waals surface area contributed by atoms with E-state index in [0.29, 0.717) is 18.1 Å². The van der Waals surface area contributed by atoms with Crippen LogP contribution >= 0.6 is 11.3 Å². The Hall–Kier alpha value is -2.14. The fourth-order valence-electron chi connectivity index (χ4n) is 1.80. The van der Waals surface area contributed by atoms with E-state index in [0.717, 1.165) is 11.1 Å². The summed E-state index contributed by atoms with van der Waals surface area (Å²) < 4.78 is 5.26. The first kappa shape index (κ1) is 11.9. The highest BCUT2D eigenvalue weighted by molar-refractivity contribution is 7.09. The van der Waals surface area contributed by atoms with Crippen LogP contribution in [0.1, 0.15) is 16.3 Å². The van der Waals surface area contributed by atoms with Crippen LogP contribution in [0.5, 0.6) is 5.75 Å². The van der Waals surface area contributed by atoms with Gasteiger partial charge in [0, 0.05) is 16.9 Å². The molecule has 5 heteroatoms. The first-order chi connectivity index (χ1) is 9.22. The van der Waals surface area contributed by atoms with E-state index in [-0.39, 0.29) is 5.75 Å². The number of aromatic nitrogens is 2. The summed E-state index contributed by atoms with van der Waals surface area (Å²) in [5.74, 6) is 1.42. The third kappa shape index (κ3) is 2.51. The zero-order chi connectivity index (χ0) is 13.2. The normalized spacial score (nSPS) is 10.8. The van der Waals surface area contributed by atoms with Crippen LogP contribution in [0.2, 0.25) is 0 Å². The Labute approximate surface area is 114 Å². The van der Waals surface area contributed by atoms with E-state index in [1.54, 1.807) is 23.5 Å². The second-order valence-corrected chi connectivity index (χ2v) is 5.31. The molecule has 2 heterocycles. The van der Waals surface area contributed by atoms with Gasteiger partial charge in [0.05, 0.1) is 0 Å². The lowest BCUT2D eigenvalue weighted by atomic mass is 10.1. The zero-order valence-electron chi connectivity index (χ0n) is 10.3. The molecule has 0 radical (unpaired) electrons. The van der Waals surface area contributed by atoms with Gasteiger partial charge in [-0.15, -0.1) is 11.3 Å². The van der Waals surface area contributed by atoms with E-state index >= 15 is 0 Å². The van der Waals surface area contributed by atoms with Crippen molar-refractivity contribution < 1.29 is 9.63 Å². The summed E-state index contributed by atoms with van der Waals surface area (Å²) in [5.41, 5.74) is 1.61. The highest BCUT2D eigenvalue weighted by atomic mass is 32.1. The van der Waals surface area contributed by atoms with Crippen molar-refractivity contribution in [1.82, 2.24) is 10.1 Å². The first-order valence-corrected chi connectivity index (χ1v) is 6.75. The SMILES string of the molecule is Cc1cc(-c2nc(Cc3cccs3)no2)ccc1O. The third-order valence-corrected chi connectivity index (χ3v) is 3.70. The van der Waals surface area contributed by atoms with Crippen molar-refractivity contribution >= 4 is 11.3 Å². The number of phenolic OH excluding ortho intramolecular Hbond substituents is 1. The van der Waals surface area contributed by atoms with Crippen molar-refractivity contribution in [2.75, 3.05) is 0 Å². The van der Waals surface area contributed by atoms with Gasteiger partial charge in [-0.1, -0.05) is 11.2 Å². The standard InChI is InChI=1S/C14H12N2O2S/c1-9-7-10(4-5-12(9)17)14-15-13(16-18-14)8-11-3-2-6-19-11/h2-7,17H,8H2,1H3. The maximum atomic E-state index is 9.50. The lowest BCUT2D eigenvalue weighted by Gasteiger charge is -1.99. The van der Waals surface area contributed by atoms with Gasteiger partial charge >= 0.3 is 0 Å². The number of phenols is 1. The molecule has 0 aliphatic heterocycles. The molecule has 0 unspecified atom stereocenters. The molecule has 4 nitrogen and oxygen atoms in total. The summed E-state index contributed by atoms with van der Waals surface area (Å²) >= 11 is 1.67. The molecule has 2 aromatic heterocycles. The van der Waals surface area contributed by atoms with Crippen molar-refractivity contribution in [2.45, 2.75) is 13.3 Å². The summed E-state index contributed by atoms with van der Waals surface area (Å²) in [4.78, 5) is 5.58. The maximum Gasteiger partial charge on any atom is 0.257 e. The molecular formula is C14H12N2O2S. The molecule has 96 valence electrons. The van der Waals surface area contributed by atoms with E-state index in [1.165, 1.54) is 4.88 Å². The minimum atomic E-state index is 0.266. The Morgan fingerprint density at radius 1 is 1.32 bits per heavy atom. The molecule has 19 heavy (non-hydrogen) atoms. The minimum Gasteiger partial charge on any atom is -0.508 e. The number of aromatic hydroxyl groups is 1. The molecule has 0 saturated heterocycles. The summed E-state index contributed by atoms with van der Waals surface area (Å²) in [6.07, 6.45) is 0.679. The van der Waals surface area contributed by atoms with E-state index in [1.807, 2.05) is 30.5 Å². The highest BCUT2D eigenvalue weighted by Gasteiger charge is 2.10. The fourth-order valence-corrected chi connectivity index (χ4v) is 2.50. The van der Waals surface area contributed by atoms with Crippen LogP contribution < -0.4 is 0 Å². The molecule has 0 aliphatic rings. The number of nitrogens with zero attached hydrogens (tertiary/aromatic N) is 2. The zero-order valence-corrected chi connectivity index (χ0v) is 11.1. The predicted octanol–water partition coefficient (Wildman–Crippen LogP) is 3.40. The van der Waals surface area contributed by atoms with Crippen molar-refractivity contribution in [3.8, 4) is 17.2 Å². The molecule has 0 fully saturated rings. The summed E-state index contributed by atoms with van der Waals surface area (Å²) in [7, 11) is 0. The number of thiophene rings is 1. The average Bonchev–Trinajstić information content (AvgIpc) is 3.05. The number of hydrogen-bond donors (Lipinski definition) is 1. The molecule has 0 spiro atoms. The van der Waals surface area contributed by atoms with Crippen LogP contribution in [-0.4, -0.2) is 15.2 Å². The average molecular weight is 272 g/mol. The van der Waals surface area contributed by atoms with Crippen molar-refractivity contribution in [2.24, 2.45) is 0 Å². The molecule has 1 aromatic carbocycles. The third-order valence-electron chi connectivity index (χ3n) is 2.82. The topological polar surface area (TPSA) is 59.2 Å². The Kier molecular flexibility index (Phi) is 3.05. The smallest absolute Gasteiger partial charge is 0.257 e. The van der Waals surface area contributed by atoms with Crippen LogP contribution in [0.4, 0.5) is 0 Å². The Bertz CT molecular complexity index is 689. The number of aryl methyl sites for hydroxylation is 1. The quantitative estimate of drug-likeness (QED) is 0.793. The van der Waals surface area contributed by atoms with Gasteiger partial charge < -0.3 is 9.63 Å². The minimum absolute atomic E-state index is 0.266. The summed E-state index contributed by atoms with van der Waals surface area (Å²) in [6.45, 7) is 1.84. The molecule has 0 aliphatic carbocycles. The second kappa shape index (κ2) is 4.85. The molecule has 0 saturated carbocycles. The van der Waals surface area contributed by atoms with Gasteiger partial charge in [-0.2, -0.15) is 4.98 Å². The van der Waals surface area contributed by atoms with Crippen LogP contribution in [-0.2, 0) is 6.42 Å². The van der Waals surface area contributed by atoms with Crippen LogP contribution in [0.3, 0.4) is 0 Å². The number of rotatable bonds is 3. The molecule has 0 bridgehead atoms. The van der Waals surface area contributed by atoms with Crippen LogP contribution in [0.25, 0.3) is 11.5 Å². The second-order valence-electron chi connectivity index (χ2n) is 4.27. The van der Waals surface area contributed by atoms with Crippen LogP contribution in [0, 0.1) is 6.92 Å². The summed E-state index contributed by atoms with van der Waals surface area (Å²) in [5, 5.41) is 15.5. The molecule has 3 aromatic rings. The highest BCUT2D eigenvalue weighted by Crippen LogP contribution is 2.24. The van der Waals surface area contributed by atoms with Gasteiger partial charge in [-0.05, 0) is 42.1 Å². The predicted molar refractivity (Wildman–Crippen MR) is 73.3 cm³/mol. The van der Waals surface area contributed by atoms with E-state index in [9.17, 15) is 5.11 Å². The monoisotopic (exact) mass is 272 g/mol. The summed E-state index contributed by atoms with van der Waals surface area (Å²) in [6, 6.07) is 9.28. The van der Waals surface area contributed by atoms with E-state index in [4.69, 9.17) is 4.52 Å². The Balaban J connectivity index is 1.86. The van der Waals surface area contributed by atoms with E-state index in [2.05, 4.69) is 10.1 Å². The van der Waals surface area contributed by atoms with Gasteiger partial charge in [-0.25, -0.2) is 0 Å². The van der Waals surface area contributed by atoms with Gasteiger partial charge in [0.15, 0.2) is 5.82 Å². The maximum absolute atomic E-state index is 9.50. The Morgan fingerprint density at radius 2 is 2.21 bits per heavy atom. The number of benzene rings is 1. The lowest BCUT2D eigenvalue weighted by molar-refractivity contribution is 0.424. The van der Waals surface area contributed by atoms with Crippen LogP contribution in [0.15, 0.2) is 40.2 Å². The molecular weight excluding hydrogens is 260 g/mol. The number of hydrogen-bond acceptors (Lipinski definition) is 5. The fraction of sp³-hybridized carbons (Fsp3) is 0.143. The van der Waals surface area contributed by atoms with Gasteiger partial charge in [0.25, 0.3) is 5.89 Å². The molecule has 1 N–H and O–H groups in total. The first-order valence-electron chi connectivity index (χ1n) is 5.87. The van der Waals surface area contributed by atoms with Gasteiger partial charge in [0.1, 0.15) is 5.75 Å².